The molecule has 0 aliphatic heterocycles. The van der Waals surface area contributed by atoms with E-state index < -0.39 is 0 Å². The summed E-state index contributed by atoms with van der Waals surface area (Å²) in [4.78, 5) is 0. The molecule has 1 aromatic rings. The van der Waals surface area contributed by atoms with Crippen molar-refractivity contribution in [1.82, 2.24) is 0 Å². The standard InChI is InChI=1S/C20H24/c1-18-10-17-11-19(2,13-18)15-20(12-17,14-18)9-8-16-6-4-3-5-7-16/h3-7,17H,10-15H2,1-2H3. The number of hydrogen-bond acceptors (Lipinski definition) is 0. The fraction of sp³-hybridized carbons (Fsp3) is 0.600. The second kappa shape index (κ2) is 3.91. The van der Waals surface area contributed by atoms with E-state index in [2.05, 4.69) is 56.0 Å². The van der Waals surface area contributed by atoms with E-state index in [1.54, 1.807) is 0 Å². The summed E-state index contributed by atoms with van der Waals surface area (Å²) in [6.07, 6.45) is 8.38. The first-order valence-corrected chi connectivity index (χ1v) is 8.07. The van der Waals surface area contributed by atoms with Gasteiger partial charge in [0.05, 0.1) is 0 Å². The van der Waals surface area contributed by atoms with Crippen LogP contribution in [0.3, 0.4) is 0 Å². The lowest BCUT2D eigenvalue weighted by molar-refractivity contribution is -0.120. The Bertz CT molecular complexity index is 567. The highest BCUT2D eigenvalue weighted by atomic mass is 14.6. The third-order valence-electron chi connectivity index (χ3n) is 5.87. The van der Waals surface area contributed by atoms with Gasteiger partial charge in [-0.05, 0) is 67.4 Å². The Hall–Kier alpha value is -1.22. The quantitative estimate of drug-likeness (QED) is 0.576. The fourth-order valence-electron chi connectivity index (χ4n) is 6.31. The second-order valence-corrected chi connectivity index (χ2v) is 8.53. The van der Waals surface area contributed by atoms with Gasteiger partial charge in [-0.2, -0.15) is 0 Å². The molecule has 0 aromatic heterocycles. The SMILES string of the molecule is CC12CC3CC(C)(C1)CC(C#Cc1ccccc1)(C3)C2. The zero-order chi connectivity index (χ0) is 13.8. The monoisotopic (exact) mass is 264 g/mol. The Morgan fingerprint density at radius 3 is 2.15 bits per heavy atom. The summed E-state index contributed by atoms with van der Waals surface area (Å²) >= 11 is 0. The summed E-state index contributed by atoms with van der Waals surface area (Å²) < 4.78 is 0. The average Bonchev–Trinajstić information content (AvgIpc) is 2.33. The lowest BCUT2D eigenvalue weighted by atomic mass is 9.40. The molecular formula is C20H24. The molecule has 4 saturated carbocycles. The van der Waals surface area contributed by atoms with Crippen molar-refractivity contribution in [3.63, 3.8) is 0 Å². The molecule has 4 bridgehead atoms. The summed E-state index contributed by atoms with van der Waals surface area (Å²) in [5.74, 6) is 8.17. The van der Waals surface area contributed by atoms with Crippen molar-refractivity contribution < 1.29 is 0 Å². The van der Waals surface area contributed by atoms with Gasteiger partial charge in [-0.25, -0.2) is 0 Å². The maximum absolute atomic E-state index is 3.74. The number of benzene rings is 1. The summed E-state index contributed by atoms with van der Waals surface area (Å²) in [5, 5.41) is 0. The molecule has 0 saturated heterocycles. The van der Waals surface area contributed by atoms with E-state index in [4.69, 9.17) is 0 Å². The molecule has 4 fully saturated rings. The first-order chi connectivity index (χ1) is 9.49. The summed E-state index contributed by atoms with van der Waals surface area (Å²) in [7, 11) is 0. The van der Waals surface area contributed by atoms with E-state index >= 15 is 0 Å². The molecule has 104 valence electrons. The molecule has 5 rings (SSSR count). The number of hydrogen-bond donors (Lipinski definition) is 0. The highest BCUT2D eigenvalue weighted by Crippen LogP contribution is 2.69. The Labute approximate surface area is 123 Å². The van der Waals surface area contributed by atoms with Crippen LogP contribution in [0.4, 0.5) is 0 Å². The third kappa shape index (κ3) is 1.99. The molecule has 0 amide bonds. The lowest BCUT2D eigenvalue weighted by Gasteiger charge is -2.64. The Balaban J connectivity index is 1.70. The highest BCUT2D eigenvalue weighted by molar-refractivity contribution is 5.36. The minimum atomic E-state index is 0.318. The van der Waals surface area contributed by atoms with Gasteiger partial charge in [0.1, 0.15) is 0 Å². The van der Waals surface area contributed by atoms with E-state index in [0.29, 0.717) is 16.2 Å². The van der Waals surface area contributed by atoms with Crippen LogP contribution >= 0.6 is 0 Å². The number of rotatable bonds is 0. The predicted octanol–water partition coefficient (Wildman–Crippen LogP) is 5.03. The van der Waals surface area contributed by atoms with Gasteiger partial charge < -0.3 is 0 Å². The minimum absolute atomic E-state index is 0.318. The molecular weight excluding hydrogens is 240 g/mol. The van der Waals surface area contributed by atoms with Gasteiger partial charge in [-0.15, -0.1) is 0 Å². The summed E-state index contributed by atoms with van der Waals surface area (Å²) in [6, 6.07) is 10.5. The molecule has 4 aliphatic carbocycles. The normalized spacial score (nSPS) is 45.0. The molecule has 0 heteroatoms. The van der Waals surface area contributed by atoms with Crippen LogP contribution in [0.1, 0.15) is 57.9 Å². The first kappa shape index (κ1) is 12.5. The fourth-order valence-corrected chi connectivity index (χ4v) is 6.31. The molecule has 0 nitrogen and oxygen atoms in total. The maximum atomic E-state index is 3.74. The van der Waals surface area contributed by atoms with Crippen molar-refractivity contribution in [3.8, 4) is 11.8 Å². The van der Waals surface area contributed by atoms with Gasteiger partial charge in [0.2, 0.25) is 0 Å². The summed E-state index contributed by atoms with van der Waals surface area (Å²) in [5.41, 5.74) is 2.64. The van der Waals surface area contributed by atoms with Gasteiger partial charge in [0, 0.05) is 11.0 Å². The van der Waals surface area contributed by atoms with Crippen molar-refractivity contribution in [1.29, 1.82) is 0 Å². The molecule has 0 radical (unpaired) electrons. The Morgan fingerprint density at radius 1 is 0.900 bits per heavy atom. The largest absolute Gasteiger partial charge is 0.0910 e. The van der Waals surface area contributed by atoms with Crippen molar-refractivity contribution in [2.45, 2.75) is 52.4 Å². The topological polar surface area (TPSA) is 0 Å². The van der Waals surface area contributed by atoms with Gasteiger partial charge in [-0.1, -0.05) is 43.9 Å². The van der Waals surface area contributed by atoms with Crippen molar-refractivity contribution >= 4 is 0 Å². The van der Waals surface area contributed by atoms with Crippen LogP contribution in [0, 0.1) is 34.0 Å². The zero-order valence-corrected chi connectivity index (χ0v) is 12.7. The van der Waals surface area contributed by atoms with Crippen LogP contribution in [0.15, 0.2) is 30.3 Å². The minimum Gasteiger partial charge on any atom is -0.0910 e. The van der Waals surface area contributed by atoms with Gasteiger partial charge in [-0.3, -0.25) is 0 Å². The molecule has 4 aliphatic rings. The highest BCUT2D eigenvalue weighted by Gasteiger charge is 2.59. The van der Waals surface area contributed by atoms with Gasteiger partial charge >= 0.3 is 0 Å². The third-order valence-corrected chi connectivity index (χ3v) is 5.87. The van der Waals surface area contributed by atoms with Crippen LogP contribution < -0.4 is 0 Å². The van der Waals surface area contributed by atoms with Crippen LogP contribution in [0.2, 0.25) is 0 Å². The van der Waals surface area contributed by atoms with Crippen molar-refractivity contribution in [2.75, 3.05) is 0 Å². The molecule has 20 heavy (non-hydrogen) atoms. The van der Waals surface area contributed by atoms with Crippen LogP contribution in [0.5, 0.6) is 0 Å². The smallest absolute Gasteiger partial charge is 0.0331 e. The van der Waals surface area contributed by atoms with E-state index in [0.717, 1.165) is 5.92 Å². The predicted molar refractivity (Wildman–Crippen MR) is 83.2 cm³/mol. The molecule has 0 heterocycles. The molecule has 1 aromatic carbocycles. The Morgan fingerprint density at radius 2 is 1.55 bits per heavy atom. The molecule has 2 atom stereocenters. The maximum Gasteiger partial charge on any atom is 0.0331 e. The lowest BCUT2D eigenvalue weighted by Crippen LogP contribution is -2.54. The van der Waals surface area contributed by atoms with E-state index in [1.807, 2.05) is 0 Å². The van der Waals surface area contributed by atoms with Crippen LogP contribution in [0.25, 0.3) is 0 Å². The van der Waals surface area contributed by atoms with E-state index in [9.17, 15) is 0 Å². The van der Waals surface area contributed by atoms with Crippen molar-refractivity contribution in [3.05, 3.63) is 35.9 Å². The molecule has 0 spiro atoms. The first-order valence-electron chi connectivity index (χ1n) is 8.07. The molecule has 0 N–H and O–H groups in total. The van der Waals surface area contributed by atoms with E-state index in [1.165, 1.54) is 44.1 Å². The van der Waals surface area contributed by atoms with Gasteiger partial charge in [0.15, 0.2) is 0 Å². The zero-order valence-electron chi connectivity index (χ0n) is 12.7. The average molecular weight is 264 g/mol. The summed E-state index contributed by atoms with van der Waals surface area (Å²) in [6.45, 7) is 5.04. The van der Waals surface area contributed by atoms with Gasteiger partial charge in [0.25, 0.3) is 0 Å². The van der Waals surface area contributed by atoms with Crippen molar-refractivity contribution in [2.24, 2.45) is 22.2 Å². The second-order valence-electron chi connectivity index (χ2n) is 8.53. The molecule has 2 unspecified atom stereocenters. The van der Waals surface area contributed by atoms with Crippen LogP contribution in [-0.4, -0.2) is 0 Å². The van der Waals surface area contributed by atoms with E-state index in [-0.39, 0.29) is 0 Å². The van der Waals surface area contributed by atoms with Crippen LogP contribution in [-0.2, 0) is 0 Å². The Kier molecular flexibility index (Phi) is 2.45.